The number of para-hydroxylation sites is 1. The standard InChI is InChI=1S/C33H29ClN2O2S/c1-23(14-15-24-8-3-2-4-9-24)35-32(37)27-18-16-25(17-19-27)21-31-33(38)36(22-26-10-7-11-28(34)20-26)29-12-5-6-13-30(29)39-31/h2-13,16-21,23H,14-15,22H2,1H3,(H,35,37). The molecule has 0 saturated heterocycles. The molecule has 1 atom stereocenters. The van der Waals surface area contributed by atoms with Gasteiger partial charge < -0.3 is 10.2 Å². The monoisotopic (exact) mass is 552 g/mol. The Hall–Kier alpha value is -3.80. The van der Waals surface area contributed by atoms with Gasteiger partial charge in [0.05, 0.1) is 17.1 Å². The van der Waals surface area contributed by atoms with Gasteiger partial charge in [0.2, 0.25) is 0 Å². The van der Waals surface area contributed by atoms with E-state index in [1.165, 1.54) is 17.3 Å². The maximum Gasteiger partial charge on any atom is 0.265 e. The van der Waals surface area contributed by atoms with E-state index in [0.717, 1.165) is 34.6 Å². The Morgan fingerprint density at radius 1 is 0.923 bits per heavy atom. The summed E-state index contributed by atoms with van der Waals surface area (Å²) in [6, 6.07) is 33.2. The van der Waals surface area contributed by atoms with Crippen molar-refractivity contribution in [3.05, 3.63) is 135 Å². The minimum atomic E-state index is -0.0977. The van der Waals surface area contributed by atoms with Crippen LogP contribution >= 0.6 is 23.4 Å². The van der Waals surface area contributed by atoms with Crippen molar-refractivity contribution in [2.45, 2.75) is 37.2 Å². The number of carbonyl (C=O) groups is 2. The predicted molar refractivity (Wildman–Crippen MR) is 161 cm³/mol. The third kappa shape index (κ3) is 6.80. The molecule has 0 bridgehead atoms. The van der Waals surface area contributed by atoms with Gasteiger partial charge in [0.1, 0.15) is 0 Å². The Balaban J connectivity index is 1.28. The second kappa shape index (κ2) is 12.4. The van der Waals surface area contributed by atoms with Gasteiger partial charge >= 0.3 is 0 Å². The summed E-state index contributed by atoms with van der Waals surface area (Å²) in [6.07, 6.45) is 3.67. The van der Waals surface area contributed by atoms with Gasteiger partial charge in [-0.25, -0.2) is 0 Å². The van der Waals surface area contributed by atoms with E-state index in [0.29, 0.717) is 22.0 Å². The lowest BCUT2D eigenvalue weighted by Gasteiger charge is -2.30. The van der Waals surface area contributed by atoms with Crippen molar-refractivity contribution in [1.29, 1.82) is 0 Å². The molecule has 1 aliphatic rings. The second-order valence-corrected chi connectivity index (χ2v) is 11.1. The van der Waals surface area contributed by atoms with Crippen LogP contribution in [0.5, 0.6) is 0 Å². The van der Waals surface area contributed by atoms with Crippen LogP contribution in [0, 0.1) is 0 Å². The molecule has 0 aromatic heterocycles. The summed E-state index contributed by atoms with van der Waals surface area (Å²) in [7, 11) is 0. The Morgan fingerprint density at radius 3 is 2.41 bits per heavy atom. The number of anilines is 1. The van der Waals surface area contributed by atoms with Crippen molar-refractivity contribution in [1.82, 2.24) is 5.32 Å². The van der Waals surface area contributed by atoms with Crippen molar-refractivity contribution in [3.8, 4) is 0 Å². The van der Waals surface area contributed by atoms with E-state index in [-0.39, 0.29) is 17.9 Å². The Morgan fingerprint density at radius 2 is 1.64 bits per heavy atom. The van der Waals surface area contributed by atoms with Crippen molar-refractivity contribution >= 4 is 46.9 Å². The molecule has 4 aromatic rings. The fourth-order valence-electron chi connectivity index (χ4n) is 4.53. The number of thioether (sulfide) groups is 1. The van der Waals surface area contributed by atoms with Crippen molar-refractivity contribution < 1.29 is 9.59 Å². The molecule has 6 heteroatoms. The lowest BCUT2D eigenvalue weighted by molar-refractivity contribution is -0.114. The first-order chi connectivity index (χ1) is 19.0. The molecular formula is C33H29ClN2O2S. The molecule has 2 amide bonds. The van der Waals surface area contributed by atoms with Gasteiger partial charge in [0.15, 0.2) is 0 Å². The average Bonchev–Trinajstić information content (AvgIpc) is 2.95. The van der Waals surface area contributed by atoms with Gasteiger partial charge in [-0.15, -0.1) is 0 Å². The van der Waals surface area contributed by atoms with E-state index in [9.17, 15) is 9.59 Å². The van der Waals surface area contributed by atoms with E-state index >= 15 is 0 Å². The van der Waals surface area contributed by atoms with Gasteiger partial charge in [-0.05, 0) is 78.9 Å². The number of rotatable bonds is 8. The topological polar surface area (TPSA) is 49.4 Å². The highest BCUT2D eigenvalue weighted by atomic mass is 35.5. The number of benzene rings is 4. The largest absolute Gasteiger partial charge is 0.350 e. The third-order valence-electron chi connectivity index (χ3n) is 6.62. The van der Waals surface area contributed by atoms with E-state index in [4.69, 9.17) is 11.6 Å². The van der Waals surface area contributed by atoms with E-state index < -0.39 is 0 Å². The molecule has 0 fully saturated rings. The maximum atomic E-state index is 13.6. The van der Waals surface area contributed by atoms with E-state index in [1.54, 1.807) is 17.0 Å². The van der Waals surface area contributed by atoms with E-state index in [2.05, 4.69) is 17.4 Å². The molecule has 0 radical (unpaired) electrons. The van der Waals surface area contributed by atoms with Crippen LogP contribution in [0.1, 0.15) is 40.4 Å². The number of carbonyl (C=O) groups excluding carboxylic acids is 2. The second-order valence-electron chi connectivity index (χ2n) is 9.62. The molecule has 1 unspecified atom stereocenters. The molecule has 5 rings (SSSR count). The number of hydrogen-bond acceptors (Lipinski definition) is 3. The highest BCUT2D eigenvalue weighted by Gasteiger charge is 2.29. The zero-order valence-electron chi connectivity index (χ0n) is 21.6. The van der Waals surface area contributed by atoms with Crippen LogP contribution < -0.4 is 10.2 Å². The normalized spacial score (nSPS) is 14.7. The summed E-state index contributed by atoms with van der Waals surface area (Å²) in [4.78, 5) is 29.8. The van der Waals surface area contributed by atoms with Gasteiger partial charge in [-0.3, -0.25) is 9.59 Å². The molecule has 1 aliphatic heterocycles. The van der Waals surface area contributed by atoms with Crippen molar-refractivity contribution in [3.63, 3.8) is 0 Å². The summed E-state index contributed by atoms with van der Waals surface area (Å²) < 4.78 is 0. The fourth-order valence-corrected chi connectivity index (χ4v) is 5.80. The maximum absolute atomic E-state index is 13.6. The van der Waals surface area contributed by atoms with Gasteiger partial charge in [-0.1, -0.05) is 90.1 Å². The number of amides is 2. The smallest absolute Gasteiger partial charge is 0.265 e. The fraction of sp³-hybridized carbons (Fsp3) is 0.152. The average molecular weight is 553 g/mol. The quantitative estimate of drug-likeness (QED) is 0.227. The van der Waals surface area contributed by atoms with Gasteiger partial charge in [-0.2, -0.15) is 0 Å². The summed E-state index contributed by atoms with van der Waals surface area (Å²) in [5, 5.41) is 3.73. The first-order valence-electron chi connectivity index (χ1n) is 13.0. The molecule has 39 heavy (non-hydrogen) atoms. The van der Waals surface area contributed by atoms with Crippen LogP contribution in [0.2, 0.25) is 5.02 Å². The summed E-state index contributed by atoms with van der Waals surface area (Å²) in [5.74, 6) is -0.160. The van der Waals surface area contributed by atoms with Crippen molar-refractivity contribution in [2.24, 2.45) is 0 Å². The molecule has 4 aromatic carbocycles. The highest BCUT2D eigenvalue weighted by Crippen LogP contribution is 2.42. The zero-order valence-corrected chi connectivity index (χ0v) is 23.2. The van der Waals surface area contributed by atoms with Crippen LogP contribution in [-0.4, -0.2) is 17.9 Å². The Labute approximate surface area is 238 Å². The molecule has 0 aliphatic carbocycles. The Bertz CT molecular complexity index is 1500. The minimum absolute atomic E-state index is 0.0568. The van der Waals surface area contributed by atoms with Crippen LogP contribution in [-0.2, 0) is 17.8 Å². The molecule has 1 heterocycles. The SMILES string of the molecule is CC(CCc1ccccc1)NC(=O)c1ccc(C=C2Sc3ccccc3N(Cc3cccc(Cl)c3)C2=O)cc1. The highest BCUT2D eigenvalue weighted by molar-refractivity contribution is 8.04. The summed E-state index contributed by atoms with van der Waals surface area (Å²) in [6.45, 7) is 2.45. The molecule has 0 saturated carbocycles. The van der Waals surface area contributed by atoms with Crippen LogP contribution in [0.15, 0.2) is 113 Å². The van der Waals surface area contributed by atoms with Crippen LogP contribution in [0.25, 0.3) is 6.08 Å². The van der Waals surface area contributed by atoms with E-state index in [1.807, 2.05) is 91.9 Å². The van der Waals surface area contributed by atoms with Gasteiger partial charge in [0, 0.05) is 21.5 Å². The first kappa shape index (κ1) is 26.8. The lowest BCUT2D eigenvalue weighted by atomic mass is 10.1. The van der Waals surface area contributed by atoms with Crippen LogP contribution in [0.4, 0.5) is 5.69 Å². The predicted octanol–water partition coefficient (Wildman–Crippen LogP) is 7.77. The van der Waals surface area contributed by atoms with Crippen molar-refractivity contribution in [2.75, 3.05) is 4.90 Å². The molecule has 4 nitrogen and oxygen atoms in total. The van der Waals surface area contributed by atoms with Gasteiger partial charge in [0.25, 0.3) is 11.8 Å². The first-order valence-corrected chi connectivity index (χ1v) is 14.2. The number of hydrogen-bond donors (Lipinski definition) is 1. The summed E-state index contributed by atoms with van der Waals surface area (Å²) in [5.41, 5.74) is 4.57. The summed E-state index contributed by atoms with van der Waals surface area (Å²) >= 11 is 7.66. The van der Waals surface area contributed by atoms with Crippen LogP contribution in [0.3, 0.4) is 0 Å². The lowest BCUT2D eigenvalue weighted by Crippen LogP contribution is -2.33. The number of nitrogens with zero attached hydrogens (tertiary/aromatic N) is 1. The molecule has 1 N–H and O–H groups in total. The number of nitrogens with one attached hydrogen (secondary N) is 1. The number of halogens is 1. The Kier molecular flexibility index (Phi) is 8.50. The molecular weight excluding hydrogens is 524 g/mol. The number of fused-ring (bicyclic) bond motifs is 1. The minimum Gasteiger partial charge on any atom is -0.350 e. The zero-order chi connectivity index (χ0) is 27.2. The number of aryl methyl sites for hydroxylation is 1. The molecule has 196 valence electrons. The molecule has 0 spiro atoms. The third-order valence-corrected chi connectivity index (χ3v) is 7.93.